The van der Waals surface area contributed by atoms with Crippen molar-refractivity contribution in [1.82, 2.24) is 9.80 Å². The van der Waals surface area contributed by atoms with Gasteiger partial charge in [0.15, 0.2) is 0 Å². The van der Waals surface area contributed by atoms with Crippen molar-refractivity contribution in [3.63, 3.8) is 0 Å². The Morgan fingerprint density at radius 1 is 1.38 bits per heavy atom. The molecule has 0 radical (unpaired) electrons. The molecule has 0 unspecified atom stereocenters. The summed E-state index contributed by atoms with van der Waals surface area (Å²) in [6.45, 7) is 10.7. The number of carbonyl (C=O) groups excluding carboxylic acids is 2. The molecule has 0 aromatic heterocycles. The van der Waals surface area contributed by atoms with E-state index in [1.807, 2.05) is 34.6 Å². The Morgan fingerprint density at radius 3 is 2.48 bits per heavy atom. The third-order valence-corrected chi connectivity index (χ3v) is 3.53. The zero-order valence-electron chi connectivity index (χ0n) is 13.9. The lowest BCUT2D eigenvalue weighted by Crippen LogP contribution is -2.50. The second-order valence-corrected chi connectivity index (χ2v) is 6.81. The van der Waals surface area contributed by atoms with E-state index in [0.717, 1.165) is 19.4 Å². The smallest absolute Gasteiger partial charge is 0.410 e. The summed E-state index contributed by atoms with van der Waals surface area (Å²) in [6, 6.07) is 0.0613. The van der Waals surface area contributed by atoms with Crippen LogP contribution in [0.25, 0.3) is 0 Å². The van der Waals surface area contributed by atoms with Crippen LogP contribution in [-0.4, -0.2) is 59.1 Å². The molecule has 122 valence electrons. The second kappa shape index (κ2) is 7.11. The molecule has 21 heavy (non-hydrogen) atoms. The highest BCUT2D eigenvalue weighted by Gasteiger charge is 2.33. The van der Waals surface area contributed by atoms with E-state index in [0.29, 0.717) is 6.54 Å². The van der Waals surface area contributed by atoms with Crippen molar-refractivity contribution >= 4 is 12.0 Å². The maximum atomic E-state index is 12.3. The van der Waals surface area contributed by atoms with Crippen molar-refractivity contribution < 1.29 is 14.3 Å². The van der Waals surface area contributed by atoms with Gasteiger partial charge in [0.25, 0.3) is 0 Å². The molecule has 1 saturated heterocycles. The molecule has 0 aromatic carbocycles. The monoisotopic (exact) mass is 299 g/mol. The first kappa shape index (κ1) is 17.8. The van der Waals surface area contributed by atoms with E-state index in [1.54, 1.807) is 9.80 Å². The highest BCUT2D eigenvalue weighted by atomic mass is 16.6. The summed E-state index contributed by atoms with van der Waals surface area (Å²) in [5, 5.41) is 0. The molecule has 1 aliphatic heterocycles. The van der Waals surface area contributed by atoms with Crippen molar-refractivity contribution in [3.05, 3.63) is 0 Å². The van der Waals surface area contributed by atoms with Gasteiger partial charge in [-0.3, -0.25) is 4.79 Å². The van der Waals surface area contributed by atoms with Gasteiger partial charge in [-0.2, -0.15) is 0 Å². The first-order valence-electron chi connectivity index (χ1n) is 7.65. The average Bonchev–Trinajstić information content (AvgIpc) is 2.80. The Bertz CT molecular complexity index is 377. The predicted octanol–water partition coefficient (Wildman–Crippen LogP) is 1.58. The number of hydrogen-bond acceptors (Lipinski definition) is 4. The largest absolute Gasteiger partial charge is 0.444 e. The Hall–Kier alpha value is -1.30. The molecule has 2 amide bonds. The number of hydrogen-bond donors (Lipinski definition) is 1. The van der Waals surface area contributed by atoms with Gasteiger partial charge in [-0.1, -0.05) is 0 Å². The van der Waals surface area contributed by atoms with Crippen LogP contribution in [0.1, 0.15) is 47.5 Å². The van der Waals surface area contributed by atoms with E-state index < -0.39 is 5.60 Å². The Kier molecular flexibility index (Phi) is 6.01. The van der Waals surface area contributed by atoms with Gasteiger partial charge in [0.1, 0.15) is 5.60 Å². The van der Waals surface area contributed by atoms with E-state index in [1.165, 1.54) is 0 Å². The molecule has 0 spiro atoms. The molecule has 0 saturated carbocycles. The fourth-order valence-electron chi connectivity index (χ4n) is 2.51. The topological polar surface area (TPSA) is 75.9 Å². The lowest BCUT2D eigenvalue weighted by molar-refractivity contribution is -0.130. The Balaban J connectivity index is 2.74. The number of nitrogens with two attached hydrogens (primary N) is 1. The van der Waals surface area contributed by atoms with Crippen LogP contribution < -0.4 is 5.73 Å². The number of ether oxygens (including phenoxy) is 1. The van der Waals surface area contributed by atoms with Crippen molar-refractivity contribution in [3.8, 4) is 0 Å². The zero-order valence-corrected chi connectivity index (χ0v) is 13.9. The highest BCUT2D eigenvalue weighted by molar-refractivity contribution is 5.78. The van der Waals surface area contributed by atoms with Crippen LogP contribution in [-0.2, 0) is 9.53 Å². The van der Waals surface area contributed by atoms with Crippen LogP contribution in [0.15, 0.2) is 0 Å². The molecule has 1 rings (SSSR count). The van der Waals surface area contributed by atoms with Gasteiger partial charge in [0.05, 0.1) is 6.54 Å². The average molecular weight is 299 g/mol. The summed E-state index contributed by atoms with van der Waals surface area (Å²) in [5.41, 5.74) is 4.93. The lowest BCUT2D eigenvalue weighted by atomic mass is 10.1. The SMILES string of the molecule is CC(C)N(C[C@@H]1CCCN1C(=O)CN)C(=O)OC(C)(C)C. The van der Waals surface area contributed by atoms with Gasteiger partial charge >= 0.3 is 6.09 Å². The fourth-order valence-corrected chi connectivity index (χ4v) is 2.51. The Morgan fingerprint density at radius 2 is 2.00 bits per heavy atom. The maximum absolute atomic E-state index is 12.3. The molecular weight excluding hydrogens is 270 g/mol. The Labute approximate surface area is 127 Å². The van der Waals surface area contributed by atoms with Crippen LogP contribution in [0, 0.1) is 0 Å². The number of likely N-dealkylation sites (tertiary alicyclic amines) is 1. The number of nitrogens with zero attached hydrogens (tertiary/aromatic N) is 2. The summed E-state index contributed by atoms with van der Waals surface area (Å²) in [6.07, 6.45) is 1.53. The van der Waals surface area contributed by atoms with Gasteiger partial charge in [-0.05, 0) is 47.5 Å². The van der Waals surface area contributed by atoms with Crippen LogP contribution in [0.3, 0.4) is 0 Å². The predicted molar refractivity (Wildman–Crippen MR) is 81.9 cm³/mol. The highest BCUT2D eigenvalue weighted by Crippen LogP contribution is 2.20. The molecule has 1 atom stereocenters. The summed E-state index contributed by atoms with van der Waals surface area (Å²) < 4.78 is 5.45. The van der Waals surface area contributed by atoms with Crippen LogP contribution in [0.4, 0.5) is 4.79 Å². The van der Waals surface area contributed by atoms with Crippen LogP contribution in [0.2, 0.25) is 0 Å². The third kappa shape index (κ3) is 5.19. The minimum atomic E-state index is -0.521. The summed E-state index contributed by atoms with van der Waals surface area (Å²) >= 11 is 0. The normalized spacial score (nSPS) is 19.0. The zero-order chi connectivity index (χ0) is 16.2. The molecular formula is C15H29N3O3. The quantitative estimate of drug-likeness (QED) is 0.855. The molecule has 0 aromatic rings. The molecule has 0 bridgehead atoms. The standard InChI is InChI=1S/C15H29N3O3/c1-11(2)18(14(20)21-15(3,4)5)10-12-7-6-8-17(12)13(19)9-16/h11-12H,6-10,16H2,1-5H3/t12-/m0/s1. The first-order valence-corrected chi connectivity index (χ1v) is 7.65. The maximum Gasteiger partial charge on any atom is 0.410 e. The molecule has 6 heteroatoms. The fraction of sp³-hybridized carbons (Fsp3) is 0.867. The van der Waals surface area contributed by atoms with Gasteiger partial charge in [0.2, 0.25) is 5.91 Å². The van der Waals surface area contributed by atoms with Crippen LogP contribution in [0.5, 0.6) is 0 Å². The molecule has 1 aliphatic rings. The van der Waals surface area contributed by atoms with Crippen molar-refractivity contribution in [2.75, 3.05) is 19.6 Å². The first-order chi connectivity index (χ1) is 9.65. The van der Waals surface area contributed by atoms with E-state index in [4.69, 9.17) is 10.5 Å². The molecule has 1 fully saturated rings. The van der Waals surface area contributed by atoms with E-state index in [2.05, 4.69) is 0 Å². The molecule has 2 N–H and O–H groups in total. The number of rotatable bonds is 4. The second-order valence-electron chi connectivity index (χ2n) is 6.81. The minimum absolute atomic E-state index is 0.0185. The number of amides is 2. The molecule has 6 nitrogen and oxygen atoms in total. The minimum Gasteiger partial charge on any atom is -0.444 e. The summed E-state index contributed by atoms with van der Waals surface area (Å²) in [7, 11) is 0. The van der Waals surface area contributed by atoms with Crippen molar-refractivity contribution in [2.45, 2.75) is 65.1 Å². The molecule has 0 aliphatic carbocycles. The van der Waals surface area contributed by atoms with Gasteiger partial charge in [-0.15, -0.1) is 0 Å². The third-order valence-electron chi connectivity index (χ3n) is 3.53. The van der Waals surface area contributed by atoms with Crippen molar-refractivity contribution in [2.24, 2.45) is 5.73 Å². The van der Waals surface area contributed by atoms with E-state index >= 15 is 0 Å². The van der Waals surface area contributed by atoms with Crippen LogP contribution >= 0.6 is 0 Å². The van der Waals surface area contributed by atoms with Gasteiger partial charge < -0.3 is 20.3 Å². The summed E-state index contributed by atoms with van der Waals surface area (Å²) in [5.74, 6) is -0.0506. The van der Waals surface area contributed by atoms with E-state index in [-0.39, 0.29) is 30.6 Å². The van der Waals surface area contributed by atoms with Gasteiger partial charge in [0, 0.05) is 25.2 Å². The number of carbonyl (C=O) groups is 2. The van der Waals surface area contributed by atoms with E-state index in [9.17, 15) is 9.59 Å². The molecule has 1 heterocycles. The lowest BCUT2D eigenvalue weighted by Gasteiger charge is -2.34. The summed E-state index contributed by atoms with van der Waals surface area (Å²) in [4.78, 5) is 27.6. The van der Waals surface area contributed by atoms with Gasteiger partial charge in [-0.25, -0.2) is 4.79 Å². The van der Waals surface area contributed by atoms with Crippen molar-refractivity contribution in [1.29, 1.82) is 0 Å².